The first kappa shape index (κ1) is 11.2. The van der Waals surface area contributed by atoms with Gasteiger partial charge in [-0.3, -0.25) is 4.99 Å². The van der Waals surface area contributed by atoms with E-state index in [-0.39, 0.29) is 22.2 Å². The lowest BCUT2D eigenvalue weighted by molar-refractivity contribution is 0.840. The van der Waals surface area contributed by atoms with Crippen LogP contribution in [0.15, 0.2) is 4.99 Å². The zero-order valence-electron chi connectivity index (χ0n) is 7.83. The number of rotatable bonds is 2. The molecule has 1 rings (SSSR count). The summed E-state index contributed by atoms with van der Waals surface area (Å²) in [6, 6.07) is 0.172. The normalized spacial score (nSPS) is 11.5. The maximum absolute atomic E-state index is 5.68. The molecular formula is C8H10Cl2N4. The van der Waals surface area contributed by atoms with Crippen LogP contribution in [0.25, 0.3) is 0 Å². The zero-order chi connectivity index (χ0) is 10.7. The van der Waals surface area contributed by atoms with Gasteiger partial charge in [0.15, 0.2) is 16.1 Å². The van der Waals surface area contributed by atoms with Crippen LogP contribution in [-0.2, 0) is 0 Å². The number of nitrogens with zero attached hydrogens (tertiary/aromatic N) is 3. The zero-order valence-corrected chi connectivity index (χ0v) is 9.34. The van der Waals surface area contributed by atoms with Crippen molar-refractivity contribution in [2.24, 2.45) is 4.99 Å². The molecule has 2 N–H and O–H groups in total. The van der Waals surface area contributed by atoms with Crippen LogP contribution in [0.5, 0.6) is 0 Å². The van der Waals surface area contributed by atoms with Gasteiger partial charge in [0.2, 0.25) is 0 Å². The van der Waals surface area contributed by atoms with E-state index in [1.165, 1.54) is 6.21 Å². The molecule has 6 heteroatoms. The van der Waals surface area contributed by atoms with Crippen molar-refractivity contribution in [2.75, 3.05) is 5.73 Å². The second kappa shape index (κ2) is 4.57. The number of aromatic nitrogens is 2. The SMILES string of the molecule is CC(C)N=Cc1nc(Cl)c(Cl)nc1N. The van der Waals surface area contributed by atoms with Crippen molar-refractivity contribution in [2.45, 2.75) is 19.9 Å². The van der Waals surface area contributed by atoms with Gasteiger partial charge in [-0.2, -0.15) is 0 Å². The maximum atomic E-state index is 5.68. The first-order valence-electron chi connectivity index (χ1n) is 4.02. The topological polar surface area (TPSA) is 64.2 Å². The number of nitrogens with two attached hydrogens (primary N) is 1. The van der Waals surface area contributed by atoms with Gasteiger partial charge in [0, 0.05) is 6.04 Å². The Labute approximate surface area is 92.2 Å². The Hall–Kier alpha value is -0.870. The van der Waals surface area contributed by atoms with Crippen LogP contribution < -0.4 is 5.73 Å². The fourth-order valence-corrected chi connectivity index (χ4v) is 1.000. The first-order chi connectivity index (χ1) is 6.50. The molecule has 0 spiro atoms. The van der Waals surface area contributed by atoms with Gasteiger partial charge in [-0.25, -0.2) is 9.97 Å². The van der Waals surface area contributed by atoms with E-state index in [0.717, 1.165) is 0 Å². The van der Waals surface area contributed by atoms with Crippen LogP contribution in [0.2, 0.25) is 10.3 Å². The van der Waals surface area contributed by atoms with Crippen molar-refractivity contribution in [1.29, 1.82) is 0 Å². The van der Waals surface area contributed by atoms with Crippen LogP contribution in [-0.4, -0.2) is 22.2 Å². The largest absolute Gasteiger partial charge is 0.382 e. The third kappa shape index (κ3) is 2.82. The summed E-state index contributed by atoms with van der Waals surface area (Å²) in [4.78, 5) is 11.9. The van der Waals surface area contributed by atoms with Crippen molar-refractivity contribution in [3.63, 3.8) is 0 Å². The number of hydrogen-bond donors (Lipinski definition) is 1. The van der Waals surface area contributed by atoms with E-state index in [1.54, 1.807) is 0 Å². The van der Waals surface area contributed by atoms with E-state index in [1.807, 2.05) is 13.8 Å². The summed E-state index contributed by atoms with van der Waals surface area (Å²) >= 11 is 11.3. The van der Waals surface area contributed by atoms with Crippen molar-refractivity contribution in [3.05, 3.63) is 16.0 Å². The van der Waals surface area contributed by atoms with E-state index in [4.69, 9.17) is 28.9 Å². The molecule has 1 aromatic heterocycles. The van der Waals surface area contributed by atoms with Crippen molar-refractivity contribution in [1.82, 2.24) is 9.97 Å². The summed E-state index contributed by atoms with van der Waals surface area (Å²) in [5.41, 5.74) is 6.01. The third-order valence-corrected chi connectivity index (χ3v) is 1.99. The summed E-state index contributed by atoms with van der Waals surface area (Å²) in [5, 5.41) is 0.233. The second-order valence-electron chi connectivity index (χ2n) is 2.95. The minimum absolute atomic E-state index is 0.103. The molecule has 0 radical (unpaired) electrons. The van der Waals surface area contributed by atoms with Gasteiger partial charge in [-0.15, -0.1) is 0 Å². The summed E-state index contributed by atoms with van der Waals surface area (Å²) in [6.45, 7) is 3.88. The Balaban J connectivity index is 3.04. The number of aliphatic imine (C=N–C) groups is 1. The fourth-order valence-electron chi connectivity index (χ4n) is 0.733. The standard InChI is InChI=1S/C8H10Cl2N4/c1-4(2)12-3-5-8(11)14-7(10)6(9)13-5/h3-4H,1-2H3,(H2,11,14). The minimum atomic E-state index is 0.103. The summed E-state index contributed by atoms with van der Waals surface area (Å²) in [5.74, 6) is 0.226. The first-order valence-corrected chi connectivity index (χ1v) is 4.78. The van der Waals surface area contributed by atoms with Crippen molar-refractivity contribution in [3.8, 4) is 0 Å². The van der Waals surface area contributed by atoms with E-state index in [0.29, 0.717) is 5.69 Å². The highest BCUT2D eigenvalue weighted by molar-refractivity contribution is 6.40. The van der Waals surface area contributed by atoms with Gasteiger partial charge < -0.3 is 5.73 Å². The molecule has 14 heavy (non-hydrogen) atoms. The lowest BCUT2D eigenvalue weighted by Crippen LogP contribution is -2.02. The average molecular weight is 233 g/mol. The van der Waals surface area contributed by atoms with E-state index < -0.39 is 0 Å². The number of hydrogen-bond acceptors (Lipinski definition) is 4. The molecule has 0 aliphatic heterocycles. The quantitative estimate of drug-likeness (QED) is 0.796. The summed E-state index contributed by atoms with van der Waals surface area (Å²) in [6.07, 6.45) is 1.54. The Morgan fingerprint density at radius 2 is 1.86 bits per heavy atom. The van der Waals surface area contributed by atoms with Crippen LogP contribution in [0.3, 0.4) is 0 Å². The maximum Gasteiger partial charge on any atom is 0.168 e. The van der Waals surface area contributed by atoms with Gasteiger partial charge in [-0.1, -0.05) is 23.2 Å². The highest BCUT2D eigenvalue weighted by atomic mass is 35.5. The smallest absolute Gasteiger partial charge is 0.168 e. The molecule has 0 saturated heterocycles. The van der Waals surface area contributed by atoms with E-state index in [9.17, 15) is 0 Å². The Morgan fingerprint density at radius 3 is 2.43 bits per heavy atom. The van der Waals surface area contributed by atoms with Crippen LogP contribution in [0.1, 0.15) is 19.5 Å². The highest BCUT2D eigenvalue weighted by Gasteiger charge is 2.06. The predicted octanol–water partition coefficient (Wildman–Crippen LogP) is 2.19. The number of nitrogen functional groups attached to an aromatic ring is 1. The fraction of sp³-hybridized carbons (Fsp3) is 0.375. The minimum Gasteiger partial charge on any atom is -0.382 e. The second-order valence-corrected chi connectivity index (χ2v) is 3.66. The molecule has 1 heterocycles. The molecule has 0 aliphatic carbocycles. The van der Waals surface area contributed by atoms with Crippen molar-refractivity contribution >= 4 is 35.2 Å². The molecule has 0 saturated carbocycles. The van der Waals surface area contributed by atoms with Gasteiger partial charge in [0.1, 0.15) is 5.69 Å². The number of anilines is 1. The summed E-state index contributed by atoms with van der Waals surface area (Å²) in [7, 11) is 0. The van der Waals surface area contributed by atoms with E-state index in [2.05, 4.69) is 15.0 Å². The van der Waals surface area contributed by atoms with Crippen molar-refractivity contribution < 1.29 is 0 Å². The van der Waals surface area contributed by atoms with Crippen LogP contribution >= 0.6 is 23.2 Å². The molecule has 0 aromatic carbocycles. The molecule has 0 unspecified atom stereocenters. The average Bonchev–Trinajstić information content (AvgIpc) is 2.09. The van der Waals surface area contributed by atoms with Gasteiger partial charge in [0.05, 0.1) is 6.21 Å². The predicted molar refractivity (Wildman–Crippen MR) is 59.2 cm³/mol. The van der Waals surface area contributed by atoms with Crippen LogP contribution in [0.4, 0.5) is 5.82 Å². The molecule has 4 nitrogen and oxygen atoms in total. The molecule has 0 bridgehead atoms. The van der Waals surface area contributed by atoms with Gasteiger partial charge in [-0.05, 0) is 13.8 Å². The molecule has 0 fully saturated rings. The van der Waals surface area contributed by atoms with E-state index >= 15 is 0 Å². The Bertz CT molecular complexity index is 363. The molecule has 1 aromatic rings. The Kier molecular flexibility index (Phi) is 3.66. The summed E-state index contributed by atoms with van der Waals surface area (Å²) < 4.78 is 0. The Morgan fingerprint density at radius 1 is 1.29 bits per heavy atom. The molecular weight excluding hydrogens is 223 g/mol. The highest BCUT2D eigenvalue weighted by Crippen LogP contribution is 2.19. The third-order valence-electron chi connectivity index (χ3n) is 1.36. The van der Waals surface area contributed by atoms with Gasteiger partial charge >= 0.3 is 0 Å². The number of halogens is 2. The van der Waals surface area contributed by atoms with Gasteiger partial charge in [0.25, 0.3) is 0 Å². The molecule has 76 valence electrons. The molecule has 0 atom stereocenters. The molecule has 0 amide bonds. The lowest BCUT2D eigenvalue weighted by atomic mass is 10.4. The van der Waals surface area contributed by atoms with Crippen LogP contribution in [0, 0.1) is 0 Å². The lowest BCUT2D eigenvalue weighted by Gasteiger charge is -2.01. The monoisotopic (exact) mass is 232 g/mol. The molecule has 0 aliphatic rings.